The van der Waals surface area contributed by atoms with E-state index in [0.717, 1.165) is 76.3 Å². The zero-order valence-electron chi connectivity index (χ0n) is 27.5. The molecular formula is C36H43N9O3. The molecule has 0 saturated carbocycles. The molecule has 48 heavy (non-hydrogen) atoms. The number of benzene rings is 2. The third-order valence-corrected chi connectivity index (χ3v) is 9.32. The van der Waals surface area contributed by atoms with Crippen LogP contribution in [0, 0.1) is 11.3 Å². The Bertz CT molecular complexity index is 1660. The predicted molar refractivity (Wildman–Crippen MR) is 188 cm³/mol. The molecule has 0 bridgehead atoms. The van der Waals surface area contributed by atoms with Crippen LogP contribution >= 0.6 is 0 Å². The normalized spacial score (nSPS) is 19.0. The van der Waals surface area contributed by atoms with E-state index in [0.29, 0.717) is 47.0 Å². The summed E-state index contributed by atoms with van der Waals surface area (Å²) in [5.74, 6) is 1.44. The molecule has 1 aromatic heterocycles. The first kappa shape index (κ1) is 33.0. The molecule has 0 aliphatic carbocycles. The first-order valence-corrected chi connectivity index (χ1v) is 16.5. The van der Waals surface area contributed by atoms with Crippen LogP contribution in [0.4, 0.5) is 28.7 Å². The molecule has 0 spiro atoms. The number of hydroxylamine groups is 1. The zero-order chi connectivity index (χ0) is 33.5. The van der Waals surface area contributed by atoms with Gasteiger partial charge in [-0.1, -0.05) is 24.8 Å². The fourth-order valence-electron chi connectivity index (χ4n) is 6.83. The standard InChI is InChI=1S/C36H43N9O3/c1-4-12-42-15-17-43(18-16-42)28-9-13-44(14-10-28)32-22-33(47-3)30(21-29(32)41-36(46)5-2)40-34-23-35(39-25-38-34)45-31(11-19-48-45)27-8-6-7-26(20-27)24-37/h4-8,20-23,25,28,31H,1-2,9-19H2,3H3,(H,41,46)(H,38,39,40). The highest BCUT2D eigenvalue weighted by Crippen LogP contribution is 2.40. The number of piperazine rings is 1. The summed E-state index contributed by atoms with van der Waals surface area (Å²) in [6.45, 7) is 15.1. The van der Waals surface area contributed by atoms with Gasteiger partial charge < -0.3 is 20.3 Å². The summed E-state index contributed by atoms with van der Waals surface area (Å²) in [5.41, 5.74) is 3.78. The third-order valence-electron chi connectivity index (χ3n) is 9.32. The molecule has 2 aromatic carbocycles. The van der Waals surface area contributed by atoms with E-state index in [9.17, 15) is 10.1 Å². The van der Waals surface area contributed by atoms with E-state index < -0.39 is 0 Å². The summed E-state index contributed by atoms with van der Waals surface area (Å²) in [7, 11) is 1.63. The molecule has 4 heterocycles. The number of nitriles is 1. The molecule has 6 rings (SSSR count). The number of carbonyl (C=O) groups is 1. The second-order valence-corrected chi connectivity index (χ2v) is 12.2. The molecule has 3 aliphatic rings. The minimum absolute atomic E-state index is 0.0957. The van der Waals surface area contributed by atoms with Crippen LogP contribution in [0.2, 0.25) is 0 Å². The van der Waals surface area contributed by atoms with Crippen LogP contribution in [0.5, 0.6) is 5.75 Å². The van der Waals surface area contributed by atoms with Crippen molar-refractivity contribution in [1.82, 2.24) is 19.8 Å². The zero-order valence-corrected chi connectivity index (χ0v) is 27.5. The molecule has 12 nitrogen and oxygen atoms in total. The average Bonchev–Trinajstić information content (AvgIpc) is 3.63. The molecule has 0 radical (unpaired) electrons. The first-order valence-electron chi connectivity index (χ1n) is 16.5. The molecule has 1 unspecified atom stereocenters. The Morgan fingerprint density at radius 3 is 2.60 bits per heavy atom. The van der Waals surface area contributed by atoms with E-state index in [4.69, 9.17) is 9.57 Å². The number of carbonyl (C=O) groups excluding carboxylic acids is 1. The Morgan fingerprint density at radius 1 is 1.06 bits per heavy atom. The van der Waals surface area contributed by atoms with Crippen molar-refractivity contribution < 1.29 is 14.4 Å². The van der Waals surface area contributed by atoms with Gasteiger partial charge in [-0.3, -0.25) is 19.4 Å². The third kappa shape index (κ3) is 7.44. The molecular weight excluding hydrogens is 606 g/mol. The highest BCUT2D eigenvalue weighted by Gasteiger charge is 2.31. The van der Waals surface area contributed by atoms with E-state index in [1.54, 1.807) is 18.2 Å². The summed E-state index contributed by atoms with van der Waals surface area (Å²) in [4.78, 5) is 34.9. The lowest BCUT2D eigenvalue weighted by Crippen LogP contribution is -2.53. The van der Waals surface area contributed by atoms with Crippen molar-refractivity contribution >= 4 is 34.6 Å². The Morgan fingerprint density at radius 2 is 1.88 bits per heavy atom. The number of nitrogens with one attached hydrogen (secondary N) is 2. The van der Waals surface area contributed by atoms with Gasteiger partial charge in [-0.15, -0.1) is 6.58 Å². The maximum atomic E-state index is 12.6. The maximum absolute atomic E-state index is 12.6. The maximum Gasteiger partial charge on any atom is 0.247 e. The topological polar surface area (TPSA) is 122 Å². The largest absolute Gasteiger partial charge is 0.494 e. The average molecular weight is 650 g/mol. The van der Waals surface area contributed by atoms with Gasteiger partial charge in [-0.2, -0.15) is 5.26 Å². The van der Waals surface area contributed by atoms with E-state index in [2.05, 4.69) is 54.5 Å². The summed E-state index contributed by atoms with van der Waals surface area (Å²) in [5, 5.41) is 17.5. The van der Waals surface area contributed by atoms with Crippen molar-refractivity contribution in [1.29, 1.82) is 5.26 Å². The predicted octanol–water partition coefficient (Wildman–Crippen LogP) is 4.88. The van der Waals surface area contributed by atoms with Crippen LogP contribution in [0.3, 0.4) is 0 Å². The van der Waals surface area contributed by atoms with Crippen molar-refractivity contribution in [3.05, 3.63) is 85.2 Å². The van der Waals surface area contributed by atoms with Crippen molar-refractivity contribution in [2.45, 2.75) is 31.3 Å². The van der Waals surface area contributed by atoms with E-state index >= 15 is 0 Å². The Hall–Kier alpha value is -4.96. The number of aromatic nitrogens is 2. The second-order valence-electron chi connectivity index (χ2n) is 12.2. The SMILES string of the molecule is C=CCN1CCN(C2CCN(c3cc(OC)c(Nc4cc(N5OCCC5c5cccc(C#N)c5)ncn4)cc3NC(=O)C=C)CC2)CC1. The van der Waals surface area contributed by atoms with Crippen molar-refractivity contribution in [2.24, 2.45) is 0 Å². The van der Waals surface area contributed by atoms with Crippen LogP contribution in [0.15, 0.2) is 74.1 Å². The summed E-state index contributed by atoms with van der Waals surface area (Å²) in [6, 6.07) is 15.9. The molecule has 2 N–H and O–H groups in total. The number of methoxy groups -OCH3 is 1. The van der Waals surface area contributed by atoms with E-state index in [1.165, 1.54) is 12.4 Å². The Kier molecular flexibility index (Phi) is 10.5. The lowest BCUT2D eigenvalue weighted by Gasteiger charge is -2.43. The second kappa shape index (κ2) is 15.3. The number of hydrogen-bond acceptors (Lipinski definition) is 11. The molecule has 3 saturated heterocycles. The number of amides is 1. The van der Waals surface area contributed by atoms with Crippen molar-refractivity contribution in [2.75, 3.05) is 80.1 Å². The molecule has 3 fully saturated rings. The van der Waals surface area contributed by atoms with Crippen LogP contribution < -0.4 is 25.3 Å². The molecule has 250 valence electrons. The number of anilines is 5. The number of ether oxygens (including phenoxy) is 1. The summed E-state index contributed by atoms with van der Waals surface area (Å²) < 4.78 is 5.86. The summed E-state index contributed by atoms with van der Waals surface area (Å²) >= 11 is 0. The van der Waals surface area contributed by atoms with Crippen LogP contribution in [0.1, 0.15) is 36.4 Å². The van der Waals surface area contributed by atoms with Crippen LogP contribution in [-0.4, -0.2) is 91.2 Å². The van der Waals surface area contributed by atoms with Gasteiger partial charge in [-0.05, 0) is 42.7 Å². The van der Waals surface area contributed by atoms with Gasteiger partial charge in [0.2, 0.25) is 5.91 Å². The Labute approximate surface area is 282 Å². The molecule has 12 heteroatoms. The van der Waals surface area contributed by atoms with Gasteiger partial charge in [0.15, 0.2) is 5.82 Å². The minimum Gasteiger partial charge on any atom is -0.494 e. The monoisotopic (exact) mass is 649 g/mol. The van der Waals surface area contributed by atoms with E-state index in [-0.39, 0.29) is 11.9 Å². The highest BCUT2D eigenvalue weighted by molar-refractivity contribution is 6.02. The Balaban J connectivity index is 1.20. The highest BCUT2D eigenvalue weighted by atomic mass is 16.7. The fraction of sp³-hybridized carbons (Fsp3) is 0.389. The number of nitrogens with zero attached hydrogens (tertiary/aromatic N) is 7. The number of rotatable bonds is 11. The quantitative estimate of drug-likeness (QED) is 0.218. The van der Waals surface area contributed by atoms with Gasteiger partial charge >= 0.3 is 0 Å². The molecule has 3 aliphatic heterocycles. The van der Waals surface area contributed by atoms with Gasteiger partial charge in [0, 0.05) is 70.4 Å². The number of hydrogen-bond donors (Lipinski definition) is 2. The molecule has 1 amide bonds. The van der Waals surface area contributed by atoms with Crippen LogP contribution in [0.25, 0.3) is 0 Å². The van der Waals surface area contributed by atoms with Gasteiger partial charge in [-0.25, -0.2) is 15.0 Å². The molecule has 1 atom stereocenters. The summed E-state index contributed by atoms with van der Waals surface area (Å²) in [6.07, 6.45) is 7.58. The molecule has 3 aromatic rings. The van der Waals surface area contributed by atoms with Gasteiger partial charge in [0.1, 0.15) is 17.9 Å². The van der Waals surface area contributed by atoms with Crippen LogP contribution in [-0.2, 0) is 9.63 Å². The van der Waals surface area contributed by atoms with Gasteiger partial charge in [0.05, 0.1) is 48.5 Å². The lowest BCUT2D eigenvalue weighted by molar-refractivity contribution is -0.111. The van der Waals surface area contributed by atoms with E-state index in [1.807, 2.05) is 42.5 Å². The smallest absolute Gasteiger partial charge is 0.247 e. The van der Waals surface area contributed by atoms with Crippen molar-refractivity contribution in [3.63, 3.8) is 0 Å². The fourth-order valence-corrected chi connectivity index (χ4v) is 6.83. The van der Waals surface area contributed by atoms with Crippen molar-refractivity contribution in [3.8, 4) is 11.8 Å². The lowest BCUT2D eigenvalue weighted by atomic mass is 10.0. The number of piperidine rings is 1. The first-order chi connectivity index (χ1) is 23.5. The van der Waals surface area contributed by atoms with Gasteiger partial charge in [0.25, 0.3) is 0 Å². The minimum atomic E-state index is -0.290.